The Morgan fingerprint density at radius 2 is 1.94 bits per heavy atom. The Labute approximate surface area is 107 Å². The number of hydrogen-bond donors (Lipinski definition) is 1. The van der Waals surface area contributed by atoms with Crippen molar-refractivity contribution in [3.8, 4) is 0 Å². The first-order valence-corrected chi connectivity index (χ1v) is 6.99. The molecule has 17 heavy (non-hydrogen) atoms. The number of nitrogens with zero attached hydrogens (tertiary/aromatic N) is 1. The molecule has 0 aromatic rings. The van der Waals surface area contributed by atoms with E-state index in [2.05, 4.69) is 25.7 Å². The van der Waals surface area contributed by atoms with E-state index in [9.17, 15) is 0 Å². The van der Waals surface area contributed by atoms with Gasteiger partial charge in [-0.1, -0.05) is 13.8 Å². The normalized spacial score (nSPS) is 22.9. The molecule has 1 heterocycles. The number of nitrogens with two attached hydrogens (primary N) is 1. The number of methoxy groups -OCH3 is 1. The number of ether oxygens (including phenoxy) is 1. The van der Waals surface area contributed by atoms with Crippen molar-refractivity contribution < 1.29 is 4.74 Å². The first-order chi connectivity index (χ1) is 8.01. The van der Waals surface area contributed by atoms with Crippen molar-refractivity contribution in [1.82, 2.24) is 4.90 Å². The number of likely N-dealkylation sites (tertiary alicyclic amines) is 1. The van der Waals surface area contributed by atoms with Gasteiger partial charge in [-0.05, 0) is 38.5 Å². The van der Waals surface area contributed by atoms with E-state index in [4.69, 9.17) is 10.5 Å². The molecule has 2 N–H and O–H groups in total. The Balaban J connectivity index is 2.49. The van der Waals surface area contributed by atoms with Crippen molar-refractivity contribution >= 4 is 0 Å². The molecule has 0 amide bonds. The zero-order chi connectivity index (χ0) is 12.9. The van der Waals surface area contributed by atoms with Gasteiger partial charge in [0.05, 0.1) is 6.10 Å². The molecule has 3 heteroatoms. The maximum atomic E-state index is 6.02. The van der Waals surface area contributed by atoms with E-state index < -0.39 is 0 Å². The molecule has 1 rings (SSSR count). The predicted molar refractivity (Wildman–Crippen MR) is 73.1 cm³/mol. The van der Waals surface area contributed by atoms with Crippen LogP contribution in [-0.4, -0.2) is 43.3 Å². The molecule has 0 aromatic heterocycles. The standard InChI is InChI=1S/C14H30N2O/c1-12(2)5-8-14(3,11-15)16-9-6-13(17-4)7-10-16/h12-13H,5-11,15H2,1-4H3. The second-order valence-corrected chi connectivity index (χ2v) is 6.06. The zero-order valence-electron chi connectivity index (χ0n) is 12.0. The minimum atomic E-state index is 0.184. The van der Waals surface area contributed by atoms with Crippen LogP contribution in [0.2, 0.25) is 0 Å². The van der Waals surface area contributed by atoms with Gasteiger partial charge in [-0.25, -0.2) is 0 Å². The highest BCUT2D eigenvalue weighted by molar-refractivity contribution is 4.90. The van der Waals surface area contributed by atoms with Crippen LogP contribution in [0.5, 0.6) is 0 Å². The zero-order valence-corrected chi connectivity index (χ0v) is 12.0. The largest absolute Gasteiger partial charge is 0.381 e. The molecular formula is C14H30N2O. The Kier molecular flexibility index (Phi) is 5.90. The van der Waals surface area contributed by atoms with E-state index in [1.165, 1.54) is 12.8 Å². The van der Waals surface area contributed by atoms with Crippen LogP contribution in [-0.2, 0) is 4.74 Å². The smallest absolute Gasteiger partial charge is 0.0595 e. The van der Waals surface area contributed by atoms with Gasteiger partial charge < -0.3 is 10.5 Å². The summed E-state index contributed by atoms with van der Waals surface area (Å²) in [5, 5.41) is 0. The van der Waals surface area contributed by atoms with Gasteiger partial charge >= 0.3 is 0 Å². The summed E-state index contributed by atoms with van der Waals surface area (Å²) in [4.78, 5) is 2.57. The Morgan fingerprint density at radius 3 is 2.35 bits per heavy atom. The summed E-state index contributed by atoms with van der Waals surface area (Å²) in [6.45, 7) is 9.91. The molecular weight excluding hydrogens is 212 g/mol. The summed E-state index contributed by atoms with van der Waals surface area (Å²) in [5.74, 6) is 0.761. The van der Waals surface area contributed by atoms with E-state index >= 15 is 0 Å². The van der Waals surface area contributed by atoms with Gasteiger partial charge in [0, 0.05) is 32.3 Å². The topological polar surface area (TPSA) is 38.5 Å². The predicted octanol–water partition coefficient (Wildman–Crippen LogP) is 2.25. The number of piperidine rings is 1. The Morgan fingerprint density at radius 1 is 1.35 bits per heavy atom. The van der Waals surface area contributed by atoms with Crippen LogP contribution in [0.15, 0.2) is 0 Å². The summed E-state index contributed by atoms with van der Waals surface area (Å²) in [6, 6.07) is 0. The molecule has 1 aliphatic rings. The molecule has 0 aromatic carbocycles. The first kappa shape index (κ1) is 14.9. The van der Waals surface area contributed by atoms with Gasteiger partial charge in [0.1, 0.15) is 0 Å². The summed E-state index contributed by atoms with van der Waals surface area (Å²) in [6.07, 6.45) is 5.22. The van der Waals surface area contributed by atoms with Crippen LogP contribution in [0.25, 0.3) is 0 Å². The maximum absolute atomic E-state index is 6.02. The lowest BCUT2D eigenvalue weighted by atomic mass is 9.88. The van der Waals surface area contributed by atoms with Crippen LogP contribution >= 0.6 is 0 Å². The van der Waals surface area contributed by atoms with Crippen molar-refractivity contribution in [1.29, 1.82) is 0 Å². The fraction of sp³-hybridized carbons (Fsp3) is 1.00. The van der Waals surface area contributed by atoms with Crippen LogP contribution < -0.4 is 5.73 Å². The Bertz CT molecular complexity index is 212. The molecule has 1 unspecified atom stereocenters. The molecule has 102 valence electrons. The minimum absolute atomic E-state index is 0.184. The molecule has 1 atom stereocenters. The van der Waals surface area contributed by atoms with Crippen LogP contribution in [0.3, 0.4) is 0 Å². The molecule has 1 saturated heterocycles. The quantitative estimate of drug-likeness (QED) is 0.776. The highest BCUT2D eigenvalue weighted by Gasteiger charge is 2.33. The molecule has 0 spiro atoms. The van der Waals surface area contributed by atoms with Gasteiger partial charge in [0.25, 0.3) is 0 Å². The SMILES string of the molecule is COC1CCN(C(C)(CN)CCC(C)C)CC1. The average Bonchev–Trinajstić information content (AvgIpc) is 2.36. The highest BCUT2D eigenvalue weighted by Crippen LogP contribution is 2.26. The third kappa shape index (κ3) is 4.23. The van der Waals surface area contributed by atoms with Crippen molar-refractivity contribution in [2.75, 3.05) is 26.7 Å². The lowest BCUT2D eigenvalue weighted by molar-refractivity contribution is -0.000583. The van der Waals surface area contributed by atoms with Crippen LogP contribution in [0, 0.1) is 5.92 Å². The summed E-state index contributed by atoms with van der Waals surface area (Å²) >= 11 is 0. The number of rotatable bonds is 6. The molecule has 1 fully saturated rings. The summed E-state index contributed by atoms with van der Waals surface area (Å²) < 4.78 is 5.43. The van der Waals surface area contributed by atoms with E-state index in [-0.39, 0.29) is 5.54 Å². The maximum Gasteiger partial charge on any atom is 0.0595 e. The highest BCUT2D eigenvalue weighted by atomic mass is 16.5. The molecule has 0 aliphatic carbocycles. The van der Waals surface area contributed by atoms with Crippen molar-refractivity contribution in [2.45, 2.75) is 58.1 Å². The fourth-order valence-corrected chi connectivity index (χ4v) is 2.62. The Hall–Kier alpha value is -0.120. The van der Waals surface area contributed by atoms with Gasteiger partial charge in [-0.2, -0.15) is 0 Å². The second-order valence-electron chi connectivity index (χ2n) is 6.06. The average molecular weight is 242 g/mol. The van der Waals surface area contributed by atoms with Crippen LogP contribution in [0.1, 0.15) is 46.5 Å². The van der Waals surface area contributed by atoms with Gasteiger partial charge in [0.2, 0.25) is 0 Å². The molecule has 0 saturated carbocycles. The van der Waals surface area contributed by atoms with Crippen LogP contribution in [0.4, 0.5) is 0 Å². The van der Waals surface area contributed by atoms with Gasteiger partial charge in [-0.3, -0.25) is 4.90 Å². The summed E-state index contributed by atoms with van der Waals surface area (Å²) in [7, 11) is 1.82. The fourth-order valence-electron chi connectivity index (χ4n) is 2.62. The lowest BCUT2D eigenvalue weighted by Crippen LogP contribution is -2.55. The third-order valence-corrected chi connectivity index (χ3v) is 4.24. The molecule has 0 radical (unpaired) electrons. The molecule has 1 aliphatic heterocycles. The van der Waals surface area contributed by atoms with E-state index in [0.717, 1.165) is 38.4 Å². The van der Waals surface area contributed by atoms with Gasteiger partial charge in [-0.15, -0.1) is 0 Å². The molecule has 0 bridgehead atoms. The second kappa shape index (κ2) is 6.72. The summed E-state index contributed by atoms with van der Waals surface area (Å²) in [5.41, 5.74) is 6.20. The minimum Gasteiger partial charge on any atom is -0.381 e. The van der Waals surface area contributed by atoms with Crippen molar-refractivity contribution in [2.24, 2.45) is 11.7 Å². The molecule has 3 nitrogen and oxygen atoms in total. The first-order valence-electron chi connectivity index (χ1n) is 6.99. The number of hydrogen-bond acceptors (Lipinski definition) is 3. The van der Waals surface area contributed by atoms with E-state index in [1.807, 2.05) is 7.11 Å². The van der Waals surface area contributed by atoms with E-state index in [0.29, 0.717) is 6.10 Å². The van der Waals surface area contributed by atoms with E-state index in [1.54, 1.807) is 0 Å². The van der Waals surface area contributed by atoms with Crippen molar-refractivity contribution in [3.63, 3.8) is 0 Å². The monoisotopic (exact) mass is 242 g/mol. The van der Waals surface area contributed by atoms with Gasteiger partial charge in [0.15, 0.2) is 0 Å². The third-order valence-electron chi connectivity index (χ3n) is 4.24. The lowest BCUT2D eigenvalue weighted by Gasteiger charge is -2.44. The van der Waals surface area contributed by atoms with Crippen molar-refractivity contribution in [3.05, 3.63) is 0 Å².